The molecule has 0 saturated carbocycles. The van der Waals surface area contributed by atoms with Crippen molar-refractivity contribution in [1.29, 1.82) is 0 Å². The first kappa shape index (κ1) is 17.8. The van der Waals surface area contributed by atoms with E-state index < -0.39 is 24.0 Å². The average Bonchev–Trinajstić information content (AvgIpc) is 2.52. The molecule has 0 radical (unpaired) electrons. The number of carbonyl (C=O) groups excluding carboxylic acids is 1. The van der Waals surface area contributed by atoms with Crippen molar-refractivity contribution < 1.29 is 24.6 Å². The van der Waals surface area contributed by atoms with Crippen molar-refractivity contribution in [1.82, 2.24) is 9.80 Å². The van der Waals surface area contributed by atoms with Gasteiger partial charge in [-0.3, -0.25) is 4.79 Å². The average molecular weight is 334 g/mol. The van der Waals surface area contributed by atoms with E-state index in [1.807, 2.05) is 24.3 Å². The fourth-order valence-electron chi connectivity index (χ4n) is 2.90. The third kappa shape index (κ3) is 3.84. The van der Waals surface area contributed by atoms with Gasteiger partial charge in [-0.1, -0.05) is 24.3 Å². The molecule has 7 heteroatoms. The van der Waals surface area contributed by atoms with E-state index in [1.54, 1.807) is 13.8 Å². The van der Waals surface area contributed by atoms with Gasteiger partial charge in [-0.05, 0) is 25.0 Å². The molecule has 7 nitrogen and oxygen atoms in total. The van der Waals surface area contributed by atoms with Crippen molar-refractivity contribution in [2.24, 2.45) is 0 Å². The maximum atomic E-state index is 12.9. The Labute approximate surface area is 140 Å². The van der Waals surface area contributed by atoms with Gasteiger partial charge >= 0.3 is 18.0 Å². The van der Waals surface area contributed by atoms with Crippen molar-refractivity contribution in [2.75, 3.05) is 6.54 Å². The van der Waals surface area contributed by atoms with Gasteiger partial charge in [0.1, 0.15) is 6.04 Å². The van der Waals surface area contributed by atoms with Crippen LogP contribution in [-0.2, 0) is 22.6 Å². The number of hydrogen-bond acceptors (Lipinski definition) is 3. The lowest BCUT2D eigenvalue weighted by Gasteiger charge is -2.39. The van der Waals surface area contributed by atoms with Crippen LogP contribution in [0.5, 0.6) is 0 Å². The van der Waals surface area contributed by atoms with E-state index in [-0.39, 0.29) is 32.0 Å². The summed E-state index contributed by atoms with van der Waals surface area (Å²) in [6, 6.07) is 5.85. The summed E-state index contributed by atoms with van der Waals surface area (Å²) in [5, 5.41) is 18.4. The highest BCUT2D eigenvalue weighted by Gasteiger charge is 2.37. The summed E-state index contributed by atoms with van der Waals surface area (Å²) < 4.78 is 0. The third-order valence-electron chi connectivity index (χ3n) is 4.21. The van der Waals surface area contributed by atoms with Crippen molar-refractivity contribution in [3.63, 3.8) is 0 Å². The molecule has 2 rings (SSSR count). The van der Waals surface area contributed by atoms with Crippen LogP contribution in [0.15, 0.2) is 24.3 Å². The summed E-state index contributed by atoms with van der Waals surface area (Å²) >= 11 is 0. The van der Waals surface area contributed by atoms with E-state index in [2.05, 4.69) is 0 Å². The van der Waals surface area contributed by atoms with E-state index in [4.69, 9.17) is 5.11 Å². The van der Waals surface area contributed by atoms with E-state index >= 15 is 0 Å². The molecule has 0 unspecified atom stereocenters. The molecule has 2 amide bonds. The molecule has 1 aliphatic rings. The maximum Gasteiger partial charge on any atom is 0.326 e. The number of fused-ring (bicyclic) bond motifs is 1. The van der Waals surface area contributed by atoms with E-state index in [9.17, 15) is 19.5 Å². The zero-order valence-electron chi connectivity index (χ0n) is 13.8. The zero-order valence-corrected chi connectivity index (χ0v) is 13.8. The summed E-state index contributed by atoms with van der Waals surface area (Å²) in [5.74, 6) is -2.05. The molecule has 1 heterocycles. The fourth-order valence-corrected chi connectivity index (χ4v) is 2.90. The van der Waals surface area contributed by atoms with Crippen LogP contribution < -0.4 is 0 Å². The molecule has 1 aromatic rings. The molecule has 0 fully saturated rings. The number of carbonyl (C=O) groups is 3. The summed E-state index contributed by atoms with van der Waals surface area (Å²) in [7, 11) is 0. The largest absolute Gasteiger partial charge is 0.481 e. The number of carboxylic acids is 2. The van der Waals surface area contributed by atoms with Gasteiger partial charge in [0.05, 0.1) is 6.42 Å². The first-order valence-corrected chi connectivity index (χ1v) is 7.90. The second-order valence-electron chi connectivity index (χ2n) is 6.17. The fraction of sp³-hybridized carbons (Fsp3) is 0.471. The van der Waals surface area contributed by atoms with Gasteiger partial charge in [-0.2, -0.15) is 0 Å². The van der Waals surface area contributed by atoms with Gasteiger partial charge in [0.25, 0.3) is 0 Å². The standard InChI is InChI=1S/C17H22N2O5/c1-11(2)18(8-7-15(20)21)17(24)19-10-13-6-4-3-5-12(13)9-14(19)16(22)23/h3-6,11,14H,7-10H2,1-2H3,(H,20,21)(H,22,23)/t14-/m0/s1. The number of nitrogens with zero attached hydrogens (tertiary/aromatic N) is 2. The second-order valence-corrected chi connectivity index (χ2v) is 6.17. The molecule has 0 bridgehead atoms. The van der Waals surface area contributed by atoms with Gasteiger partial charge in [0.2, 0.25) is 0 Å². The van der Waals surface area contributed by atoms with Crippen LogP contribution in [-0.4, -0.2) is 56.6 Å². The molecule has 0 aliphatic carbocycles. The Morgan fingerprint density at radius 3 is 2.38 bits per heavy atom. The lowest BCUT2D eigenvalue weighted by Crippen LogP contribution is -2.55. The number of hydrogen-bond donors (Lipinski definition) is 2. The summed E-state index contributed by atoms with van der Waals surface area (Å²) in [4.78, 5) is 38.1. The van der Waals surface area contributed by atoms with Crippen LogP contribution in [0.25, 0.3) is 0 Å². The highest BCUT2D eigenvalue weighted by Crippen LogP contribution is 2.25. The highest BCUT2D eigenvalue weighted by molar-refractivity contribution is 5.84. The van der Waals surface area contributed by atoms with E-state index in [1.165, 1.54) is 9.80 Å². The number of rotatable bonds is 5. The molecule has 0 saturated heterocycles. The quantitative estimate of drug-likeness (QED) is 0.855. The van der Waals surface area contributed by atoms with E-state index in [0.29, 0.717) is 0 Å². The van der Waals surface area contributed by atoms with E-state index in [0.717, 1.165) is 11.1 Å². The lowest BCUT2D eigenvalue weighted by atomic mass is 9.94. The zero-order chi connectivity index (χ0) is 17.9. The first-order chi connectivity index (χ1) is 11.3. The minimum atomic E-state index is -1.06. The lowest BCUT2D eigenvalue weighted by molar-refractivity contribution is -0.143. The molecule has 0 aromatic heterocycles. The Bertz CT molecular complexity index is 644. The molecule has 130 valence electrons. The molecule has 1 aromatic carbocycles. The minimum Gasteiger partial charge on any atom is -0.481 e. The van der Waals surface area contributed by atoms with Crippen LogP contribution in [0.1, 0.15) is 31.4 Å². The third-order valence-corrected chi connectivity index (χ3v) is 4.21. The normalized spacial score (nSPS) is 16.6. The molecule has 24 heavy (non-hydrogen) atoms. The van der Waals surface area contributed by atoms with Crippen LogP contribution in [0.3, 0.4) is 0 Å². The van der Waals surface area contributed by atoms with Crippen molar-refractivity contribution in [3.8, 4) is 0 Å². The predicted molar refractivity (Wildman–Crippen MR) is 86.6 cm³/mol. The molecular weight excluding hydrogens is 312 g/mol. The number of aliphatic carboxylic acids is 2. The molecule has 0 spiro atoms. The van der Waals surface area contributed by atoms with Crippen LogP contribution in [0.2, 0.25) is 0 Å². The Morgan fingerprint density at radius 2 is 1.83 bits per heavy atom. The monoisotopic (exact) mass is 334 g/mol. The number of benzene rings is 1. The Kier molecular flexibility index (Phi) is 5.43. The second kappa shape index (κ2) is 7.33. The minimum absolute atomic E-state index is 0.0519. The predicted octanol–water partition coefficient (Wildman–Crippen LogP) is 1.80. The van der Waals surface area contributed by atoms with Crippen LogP contribution in [0, 0.1) is 0 Å². The Balaban J connectivity index is 2.27. The molecule has 1 aliphatic heterocycles. The molecule has 1 atom stereocenters. The highest BCUT2D eigenvalue weighted by atomic mass is 16.4. The Morgan fingerprint density at radius 1 is 1.21 bits per heavy atom. The molecule has 2 N–H and O–H groups in total. The van der Waals surface area contributed by atoms with Gasteiger partial charge < -0.3 is 20.0 Å². The van der Waals surface area contributed by atoms with Gasteiger partial charge in [-0.25, -0.2) is 9.59 Å². The summed E-state index contributed by atoms with van der Waals surface area (Å²) in [5.41, 5.74) is 1.85. The van der Waals surface area contributed by atoms with Crippen LogP contribution in [0.4, 0.5) is 4.79 Å². The number of urea groups is 1. The molecular formula is C17H22N2O5. The SMILES string of the molecule is CC(C)N(CCC(=O)O)C(=O)N1Cc2ccccc2C[C@H]1C(=O)O. The van der Waals surface area contributed by atoms with Gasteiger partial charge in [-0.15, -0.1) is 0 Å². The summed E-state index contributed by atoms with van der Waals surface area (Å²) in [6.07, 6.45) is 0.0776. The summed E-state index contributed by atoms with van der Waals surface area (Å²) in [6.45, 7) is 3.83. The van der Waals surface area contributed by atoms with Gasteiger partial charge in [0, 0.05) is 25.6 Å². The van der Waals surface area contributed by atoms with Crippen molar-refractivity contribution in [2.45, 2.75) is 45.3 Å². The van der Waals surface area contributed by atoms with Crippen LogP contribution >= 0.6 is 0 Å². The van der Waals surface area contributed by atoms with Gasteiger partial charge in [0.15, 0.2) is 0 Å². The Hall–Kier alpha value is -2.57. The van der Waals surface area contributed by atoms with Crippen molar-refractivity contribution in [3.05, 3.63) is 35.4 Å². The number of carboxylic acid groups (broad SMARTS) is 2. The first-order valence-electron chi connectivity index (χ1n) is 7.90. The topological polar surface area (TPSA) is 98.2 Å². The maximum absolute atomic E-state index is 12.9. The number of amides is 2. The van der Waals surface area contributed by atoms with Crippen molar-refractivity contribution >= 4 is 18.0 Å². The smallest absolute Gasteiger partial charge is 0.326 e.